The summed E-state index contributed by atoms with van der Waals surface area (Å²) in [6.07, 6.45) is 8.39. The minimum Gasteiger partial charge on any atom is -0.379 e. The van der Waals surface area contributed by atoms with Gasteiger partial charge in [0.2, 0.25) is 0 Å². The highest BCUT2D eigenvalue weighted by Crippen LogP contribution is 2.29. The van der Waals surface area contributed by atoms with Gasteiger partial charge in [-0.25, -0.2) is 9.50 Å². The lowest BCUT2D eigenvalue weighted by atomic mass is 10.1. The van der Waals surface area contributed by atoms with E-state index in [4.69, 9.17) is 4.74 Å². The zero-order valence-corrected chi connectivity index (χ0v) is 15.3. The Bertz CT molecular complexity index is 1020. The first-order valence-electron chi connectivity index (χ1n) is 8.85. The molecule has 0 saturated carbocycles. The lowest BCUT2D eigenvalue weighted by Gasteiger charge is -2.08. The Hall–Kier alpha value is -2.78. The van der Waals surface area contributed by atoms with Gasteiger partial charge in [-0.15, -0.1) is 11.3 Å². The van der Waals surface area contributed by atoms with E-state index in [0.717, 1.165) is 35.3 Å². The summed E-state index contributed by atoms with van der Waals surface area (Å²) in [5.41, 5.74) is 6.66. The van der Waals surface area contributed by atoms with Crippen LogP contribution in [0, 0.1) is 0 Å². The Morgan fingerprint density at radius 1 is 1.41 bits per heavy atom. The molecule has 2 atom stereocenters. The van der Waals surface area contributed by atoms with E-state index in [-0.39, 0.29) is 17.9 Å². The summed E-state index contributed by atoms with van der Waals surface area (Å²) in [5, 5.41) is 13.5. The molecule has 138 valence electrons. The quantitative estimate of drug-likeness (QED) is 0.716. The van der Waals surface area contributed by atoms with E-state index >= 15 is 0 Å². The number of carbonyl (C=O) groups is 1. The highest BCUT2D eigenvalue weighted by Gasteiger charge is 2.21. The van der Waals surface area contributed by atoms with Crippen molar-refractivity contribution in [1.82, 2.24) is 25.3 Å². The van der Waals surface area contributed by atoms with Gasteiger partial charge in [-0.3, -0.25) is 4.79 Å². The van der Waals surface area contributed by atoms with E-state index in [1.165, 1.54) is 11.3 Å². The minimum absolute atomic E-state index is 0.0542. The van der Waals surface area contributed by atoms with Gasteiger partial charge in [-0.2, -0.15) is 10.2 Å². The largest absolute Gasteiger partial charge is 0.379 e. The van der Waals surface area contributed by atoms with Gasteiger partial charge in [0, 0.05) is 43.2 Å². The van der Waals surface area contributed by atoms with Crippen molar-refractivity contribution >= 4 is 29.1 Å². The first-order valence-corrected chi connectivity index (χ1v) is 9.73. The normalized spacial score (nSPS) is 21.6. The molecule has 2 unspecified atom stereocenters. The van der Waals surface area contributed by atoms with Crippen LogP contribution in [-0.4, -0.2) is 52.5 Å². The molecule has 2 aliphatic rings. The fourth-order valence-electron chi connectivity index (χ4n) is 3.34. The lowest BCUT2D eigenvalue weighted by molar-refractivity contribution is 0.0934. The van der Waals surface area contributed by atoms with E-state index in [1.54, 1.807) is 10.7 Å². The molecule has 0 aliphatic carbocycles. The van der Waals surface area contributed by atoms with Crippen molar-refractivity contribution in [3.05, 3.63) is 40.5 Å². The minimum atomic E-state index is -0.0542. The Labute approximate surface area is 159 Å². The molecule has 27 heavy (non-hydrogen) atoms. The summed E-state index contributed by atoms with van der Waals surface area (Å²) in [4.78, 5) is 17.7. The van der Waals surface area contributed by atoms with Gasteiger partial charge in [0.1, 0.15) is 0 Å². The molecule has 5 rings (SSSR count). The fourth-order valence-corrected chi connectivity index (χ4v) is 4.15. The Balaban J connectivity index is 1.39. The SMILES string of the molecule is O=C(NC1CCOC1)c1cc(-c2cnn3cc(C4C=NNC4)cnc23)cs1. The number of amides is 1. The number of fused-ring (bicyclic) bond motifs is 1. The summed E-state index contributed by atoms with van der Waals surface area (Å²) >= 11 is 1.43. The van der Waals surface area contributed by atoms with Crippen molar-refractivity contribution in [1.29, 1.82) is 0 Å². The van der Waals surface area contributed by atoms with E-state index in [0.29, 0.717) is 18.1 Å². The maximum absolute atomic E-state index is 12.4. The number of hydrogen-bond donors (Lipinski definition) is 2. The highest BCUT2D eigenvalue weighted by atomic mass is 32.1. The Kier molecular flexibility index (Phi) is 4.10. The van der Waals surface area contributed by atoms with Crippen LogP contribution in [0.3, 0.4) is 0 Å². The molecular weight excluding hydrogens is 364 g/mol. The van der Waals surface area contributed by atoms with Crippen molar-refractivity contribution in [3.63, 3.8) is 0 Å². The zero-order valence-electron chi connectivity index (χ0n) is 14.5. The fraction of sp³-hybridized carbons (Fsp3) is 0.333. The van der Waals surface area contributed by atoms with Crippen LogP contribution in [0.25, 0.3) is 16.8 Å². The summed E-state index contributed by atoms with van der Waals surface area (Å²) in [5.74, 6) is 0.159. The van der Waals surface area contributed by atoms with Gasteiger partial charge in [0.05, 0.1) is 23.7 Å². The molecule has 2 aliphatic heterocycles. The number of carbonyl (C=O) groups excluding carboxylic acids is 1. The van der Waals surface area contributed by atoms with Crippen LogP contribution in [0.5, 0.6) is 0 Å². The maximum Gasteiger partial charge on any atom is 0.261 e. The van der Waals surface area contributed by atoms with Crippen LogP contribution in [0.2, 0.25) is 0 Å². The summed E-state index contributed by atoms with van der Waals surface area (Å²) in [7, 11) is 0. The number of aromatic nitrogens is 3. The van der Waals surface area contributed by atoms with Crippen molar-refractivity contribution < 1.29 is 9.53 Å². The summed E-state index contributed by atoms with van der Waals surface area (Å²) in [6.45, 7) is 2.07. The molecule has 3 aromatic heterocycles. The number of nitrogens with one attached hydrogen (secondary N) is 2. The number of nitrogens with zero attached hydrogens (tertiary/aromatic N) is 4. The molecule has 5 heterocycles. The second-order valence-corrected chi connectivity index (χ2v) is 7.61. The van der Waals surface area contributed by atoms with Gasteiger partial charge in [0.15, 0.2) is 5.65 Å². The number of ether oxygens (including phenoxy) is 1. The molecular formula is C18H18N6O2S. The van der Waals surface area contributed by atoms with Gasteiger partial charge in [-0.1, -0.05) is 0 Å². The monoisotopic (exact) mass is 382 g/mol. The lowest BCUT2D eigenvalue weighted by Crippen LogP contribution is -2.34. The summed E-state index contributed by atoms with van der Waals surface area (Å²) < 4.78 is 7.09. The van der Waals surface area contributed by atoms with Gasteiger partial charge in [0.25, 0.3) is 5.91 Å². The molecule has 0 radical (unpaired) electrons. The molecule has 8 nitrogen and oxygen atoms in total. The number of rotatable bonds is 4. The Morgan fingerprint density at radius 3 is 3.19 bits per heavy atom. The molecule has 1 saturated heterocycles. The molecule has 1 fully saturated rings. The molecule has 1 amide bonds. The topological polar surface area (TPSA) is 92.9 Å². The third-order valence-corrected chi connectivity index (χ3v) is 5.79. The standard InChI is InChI=1S/C18H18N6O2S/c25-18(23-14-1-2-26-9-14)16-3-11(10-27-16)15-7-22-24-8-13(4-19-17(15)24)12-5-20-21-6-12/h3-5,7-8,10,12,14,21H,1-2,6,9H2,(H,23,25). The first-order chi connectivity index (χ1) is 13.3. The number of hydrazone groups is 1. The van der Waals surface area contributed by atoms with Crippen LogP contribution in [0.1, 0.15) is 27.6 Å². The second-order valence-electron chi connectivity index (χ2n) is 6.69. The molecule has 0 spiro atoms. The van der Waals surface area contributed by atoms with Crippen LogP contribution in [0.15, 0.2) is 35.1 Å². The van der Waals surface area contributed by atoms with E-state index in [1.807, 2.05) is 30.1 Å². The third-order valence-electron chi connectivity index (χ3n) is 4.86. The maximum atomic E-state index is 12.4. The first kappa shape index (κ1) is 16.4. The number of thiophene rings is 1. The van der Waals surface area contributed by atoms with Gasteiger partial charge >= 0.3 is 0 Å². The van der Waals surface area contributed by atoms with Crippen LogP contribution < -0.4 is 10.7 Å². The van der Waals surface area contributed by atoms with Crippen molar-refractivity contribution in [2.24, 2.45) is 5.10 Å². The molecule has 2 N–H and O–H groups in total. The third kappa shape index (κ3) is 3.08. The number of hydrogen-bond acceptors (Lipinski definition) is 7. The predicted molar refractivity (Wildman–Crippen MR) is 102 cm³/mol. The van der Waals surface area contributed by atoms with E-state index < -0.39 is 0 Å². The Morgan fingerprint density at radius 2 is 2.37 bits per heavy atom. The molecule has 9 heteroatoms. The average Bonchev–Trinajstić information content (AvgIpc) is 3.47. The smallest absolute Gasteiger partial charge is 0.261 e. The molecule has 0 aromatic carbocycles. The van der Waals surface area contributed by atoms with Gasteiger partial charge < -0.3 is 15.5 Å². The van der Waals surface area contributed by atoms with E-state index in [9.17, 15) is 4.79 Å². The second kappa shape index (κ2) is 6.75. The predicted octanol–water partition coefficient (Wildman–Crippen LogP) is 1.65. The summed E-state index contributed by atoms with van der Waals surface area (Å²) in [6, 6.07) is 2.00. The van der Waals surface area contributed by atoms with Crippen LogP contribution in [-0.2, 0) is 4.74 Å². The molecule has 0 bridgehead atoms. The van der Waals surface area contributed by atoms with Crippen molar-refractivity contribution in [3.8, 4) is 11.1 Å². The van der Waals surface area contributed by atoms with Crippen LogP contribution in [0.4, 0.5) is 0 Å². The zero-order chi connectivity index (χ0) is 18.2. The van der Waals surface area contributed by atoms with Crippen molar-refractivity contribution in [2.75, 3.05) is 19.8 Å². The highest BCUT2D eigenvalue weighted by molar-refractivity contribution is 7.12. The average molecular weight is 382 g/mol. The van der Waals surface area contributed by atoms with Crippen LogP contribution >= 0.6 is 11.3 Å². The molecule has 3 aromatic rings. The van der Waals surface area contributed by atoms with E-state index in [2.05, 4.69) is 25.9 Å². The van der Waals surface area contributed by atoms with Gasteiger partial charge in [-0.05, 0) is 29.0 Å². The van der Waals surface area contributed by atoms with Crippen molar-refractivity contribution in [2.45, 2.75) is 18.4 Å².